The lowest BCUT2D eigenvalue weighted by Crippen LogP contribution is -2.40. The maximum Gasteiger partial charge on any atom is 0.161 e. The summed E-state index contributed by atoms with van der Waals surface area (Å²) in [5.74, 6) is 0.290. The molecule has 104 valence electrons. The number of benzene rings is 1. The topological polar surface area (TPSA) is 21.7 Å². The highest BCUT2D eigenvalue weighted by molar-refractivity contribution is 5.16. The van der Waals surface area contributed by atoms with Crippen LogP contribution >= 0.6 is 0 Å². The van der Waals surface area contributed by atoms with Crippen molar-refractivity contribution in [1.82, 2.24) is 4.90 Å². The second kappa shape index (κ2) is 5.99. The smallest absolute Gasteiger partial charge is 0.161 e. The highest BCUT2D eigenvalue weighted by atomic mass is 19.1. The highest BCUT2D eigenvalue weighted by Gasteiger charge is 2.30. The van der Waals surface area contributed by atoms with E-state index in [0.717, 1.165) is 38.0 Å². The summed E-state index contributed by atoms with van der Waals surface area (Å²) in [6.45, 7) is 4.28. The van der Waals surface area contributed by atoms with Crippen molar-refractivity contribution in [2.24, 2.45) is 5.92 Å². The summed E-state index contributed by atoms with van der Waals surface area (Å²) in [5.41, 5.74) is 1.04. The quantitative estimate of drug-likeness (QED) is 0.837. The molecule has 1 aromatic rings. The van der Waals surface area contributed by atoms with Crippen LogP contribution in [0.3, 0.4) is 0 Å². The fourth-order valence-corrected chi connectivity index (χ4v) is 3.00. The zero-order valence-corrected chi connectivity index (χ0v) is 11.1. The molecule has 0 spiro atoms. The summed E-state index contributed by atoms with van der Waals surface area (Å²) in [6, 6.07) is 6.86. The van der Waals surface area contributed by atoms with Crippen LogP contribution in [0, 0.1) is 11.7 Å². The number of hydrogen-bond acceptors (Lipinski definition) is 3. The number of piperidine rings is 1. The second-order valence-electron chi connectivity index (χ2n) is 5.38. The first kappa shape index (κ1) is 13.0. The van der Waals surface area contributed by atoms with E-state index in [4.69, 9.17) is 9.47 Å². The first-order chi connectivity index (χ1) is 9.31. The van der Waals surface area contributed by atoms with Crippen molar-refractivity contribution < 1.29 is 13.9 Å². The number of nitrogens with zero attached hydrogens (tertiary/aromatic N) is 1. The van der Waals surface area contributed by atoms with Gasteiger partial charge in [0.25, 0.3) is 0 Å². The third-order valence-corrected chi connectivity index (χ3v) is 3.87. The standard InChI is InChI=1S/C15H20FNO2/c16-14-5-1-3-12(9-14)10-17-6-2-4-13(11-17)15-18-7-8-19-15/h1,3,5,9,13,15H,2,4,6-8,10-11H2. The zero-order valence-electron chi connectivity index (χ0n) is 11.1. The molecule has 3 rings (SSSR count). The molecule has 0 amide bonds. The fourth-order valence-electron chi connectivity index (χ4n) is 3.00. The van der Waals surface area contributed by atoms with E-state index in [1.165, 1.54) is 6.07 Å². The lowest BCUT2D eigenvalue weighted by molar-refractivity contribution is -0.101. The molecule has 1 atom stereocenters. The Labute approximate surface area is 113 Å². The molecule has 2 aliphatic rings. The number of rotatable bonds is 3. The van der Waals surface area contributed by atoms with Crippen LogP contribution in [0.1, 0.15) is 18.4 Å². The molecule has 0 bridgehead atoms. The van der Waals surface area contributed by atoms with Crippen LogP contribution in [0.4, 0.5) is 4.39 Å². The fraction of sp³-hybridized carbons (Fsp3) is 0.600. The van der Waals surface area contributed by atoms with Gasteiger partial charge in [-0.15, -0.1) is 0 Å². The van der Waals surface area contributed by atoms with Gasteiger partial charge in [0, 0.05) is 19.0 Å². The van der Waals surface area contributed by atoms with Gasteiger partial charge < -0.3 is 9.47 Å². The largest absolute Gasteiger partial charge is 0.350 e. The molecule has 1 unspecified atom stereocenters. The number of likely N-dealkylation sites (tertiary alicyclic amines) is 1. The van der Waals surface area contributed by atoms with Gasteiger partial charge in [0.15, 0.2) is 6.29 Å². The van der Waals surface area contributed by atoms with Crippen LogP contribution in [0.2, 0.25) is 0 Å². The molecule has 0 aromatic heterocycles. The monoisotopic (exact) mass is 265 g/mol. The first-order valence-corrected chi connectivity index (χ1v) is 7.01. The average molecular weight is 265 g/mol. The molecule has 2 fully saturated rings. The second-order valence-corrected chi connectivity index (χ2v) is 5.38. The van der Waals surface area contributed by atoms with E-state index in [1.54, 1.807) is 12.1 Å². The van der Waals surface area contributed by atoms with Crippen molar-refractivity contribution in [1.29, 1.82) is 0 Å². The molecular formula is C15H20FNO2. The summed E-state index contributed by atoms with van der Waals surface area (Å²) >= 11 is 0. The highest BCUT2D eigenvalue weighted by Crippen LogP contribution is 2.25. The van der Waals surface area contributed by atoms with Crippen molar-refractivity contribution in [3.05, 3.63) is 35.6 Å². The van der Waals surface area contributed by atoms with Crippen molar-refractivity contribution in [3.8, 4) is 0 Å². The van der Waals surface area contributed by atoms with Crippen molar-refractivity contribution in [2.45, 2.75) is 25.7 Å². The molecular weight excluding hydrogens is 245 g/mol. The Bertz CT molecular complexity index is 420. The minimum atomic E-state index is -0.159. The van der Waals surface area contributed by atoms with E-state index in [2.05, 4.69) is 4.90 Å². The van der Waals surface area contributed by atoms with Gasteiger partial charge in [-0.1, -0.05) is 12.1 Å². The van der Waals surface area contributed by atoms with Gasteiger partial charge in [0.2, 0.25) is 0 Å². The SMILES string of the molecule is Fc1cccc(CN2CCCC(C3OCCO3)C2)c1. The maximum absolute atomic E-state index is 13.2. The Morgan fingerprint density at radius 1 is 1.26 bits per heavy atom. The first-order valence-electron chi connectivity index (χ1n) is 7.01. The summed E-state index contributed by atoms with van der Waals surface area (Å²) in [4.78, 5) is 2.37. The molecule has 0 N–H and O–H groups in total. The average Bonchev–Trinajstić information content (AvgIpc) is 2.93. The number of ether oxygens (including phenoxy) is 2. The normalized spacial score (nSPS) is 25.8. The number of halogens is 1. The van der Waals surface area contributed by atoms with Crippen molar-refractivity contribution >= 4 is 0 Å². The van der Waals surface area contributed by atoms with Gasteiger partial charge in [-0.05, 0) is 37.1 Å². The van der Waals surface area contributed by atoms with E-state index >= 15 is 0 Å². The molecule has 2 heterocycles. The van der Waals surface area contributed by atoms with E-state index in [1.807, 2.05) is 6.07 Å². The Morgan fingerprint density at radius 2 is 2.11 bits per heavy atom. The van der Waals surface area contributed by atoms with Crippen LogP contribution in [-0.4, -0.2) is 37.5 Å². The summed E-state index contributed by atoms with van der Waals surface area (Å²) in [6.07, 6.45) is 2.28. The van der Waals surface area contributed by atoms with Crippen LogP contribution in [0.25, 0.3) is 0 Å². The summed E-state index contributed by atoms with van der Waals surface area (Å²) in [7, 11) is 0. The van der Waals surface area contributed by atoms with Crippen LogP contribution in [0.15, 0.2) is 24.3 Å². The van der Waals surface area contributed by atoms with E-state index < -0.39 is 0 Å². The van der Waals surface area contributed by atoms with Crippen molar-refractivity contribution in [2.75, 3.05) is 26.3 Å². The van der Waals surface area contributed by atoms with Gasteiger partial charge in [0.05, 0.1) is 13.2 Å². The molecule has 19 heavy (non-hydrogen) atoms. The molecule has 2 saturated heterocycles. The molecule has 4 heteroatoms. The minimum Gasteiger partial charge on any atom is -0.350 e. The van der Waals surface area contributed by atoms with E-state index in [9.17, 15) is 4.39 Å². The third kappa shape index (κ3) is 3.32. The Kier molecular flexibility index (Phi) is 4.11. The van der Waals surface area contributed by atoms with E-state index in [-0.39, 0.29) is 12.1 Å². The molecule has 3 nitrogen and oxygen atoms in total. The van der Waals surface area contributed by atoms with Gasteiger partial charge in [-0.25, -0.2) is 4.39 Å². The predicted octanol–water partition coefficient (Wildman–Crippen LogP) is 2.41. The van der Waals surface area contributed by atoms with E-state index in [0.29, 0.717) is 19.1 Å². The molecule has 0 saturated carbocycles. The summed E-state index contributed by atoms with van der Waals surface area (Å²) < 4.78 is 24.4. The Morgan fingerprint density at radius 3 is 2.89 bits per heavy atom. The molecule has 0 aliphatic carbocycles. The minimum absolute atomic E-state index is 0.0321. The van der Waals surface area contributed by atoms with Gasteiger partial charge >= 0.3 is 0 Å². The van der Waals surface area contributed by atoms with Crippen LogP contribution < -0.4 is 0 Å². The van der Waals surface area contributed by atoms with Gasteiger partial charge in [-0.3, -0.25) is 4.90 Å². The number of hydrogen-bond donors (Lipinski definition) is 0. The predicted molar refractivity (Wildman–Crippen MR) is 70.1 cm³/mol. The lowest BCUT2D eigenvalue weighted by atomic mass is 9.97. The van der Waals surface area contributed by atoms with Crippen LogP contribution in [-0.2, 0) is 16.0 Å². The van der Waals surface area contributed by atoms with Crippen molar-refractivity contribution in [3.63, 3.8) is 0 Å². The van der Waals surface area contributed by atoms with Gasteiger partial charge in [-0.2, -0.15) is 0 Å². The van der Waals surface area contributed by atoms with Crippen LogP contribution in [0.5, 0.6) is 0 Å². The van der Waals surface area contributed by atoms with Gasteiger partial charge in [0.1, 0.15) is 5.82 Å². The summed E-state index contributed by atoms with van der Waals surface area (Å²) in [5, 5.41) is 0. The Balaban J connectivity index is 1.58. The Hall–Kier alpha value is -0.970. The molecule has 2 aliphatic heterocycles. The maximum atomic E-state index is 13.2. The lowest BCUT2D eigenvalue weighted by Gasteiger charge is -2.34. The molecule has 1 aromatic carbocycles. The zero-order chi connectivity index (χ0) is 13.1. The molecule has 0 radical (unpaired) electrons. The third-order valence-electron chi connectivity index (χ3n) is 3.87.